The summed E-state index contributed by atoms with van der Waals surface area (Å²) < 4.78 is 1.41. The largest absolute Gasteiger partial charge is 0.136 e. The van der Waals surface area contributed by atoms with Crippen molar-refractivity contribution in [2.75, 3.05) is 0 Å². The third kappa shape index (κ3) is 1.90. The van der Waals surface area contributed by atoms with Gasteiger partial charge in [-0.05, 0) is 60.1 Å². The van der Waals surface area contributed by atoms with Crippen LogP contribution in [-0.4, -0.2) is 0 Å². The van der Waals surface area contributed by atoms with Gasteiger partial charge in [0.15, 0.2) is 0 Å². The van der Waals surface area contributed by atoms with Crippen molar-refractivity contribution in [3.05, 3.63) is 64.5 Å². The summed E-state index contributed by atoms with van der Waals surface area (Å²) in [4.78, 5) is 1.45. The van der Waals surface area contributed by atoms with Crippen molar-refractivity contribution in [1.82, 2.24) is 0 Å². The maximum atomic E-state index is 2.37. The Morgan fingerprint density at radius 2 is 1.75 bits per heavy atom. The Bertz CT molecular complexity index is 804. The molecule has 4 rings (SSSR count). The quantitative estimate of drug-likeness (QED) is 0.524. The summed E-state index contributed by atoms with van der Waals surface area (Å²) in [5.74, 6) is 0. The van der Waals surface area contributed by atoms with E-state index in [4.69, 9.17) is 0 Å². The summed E-state index contributed by atoms with van der Waals surface area (Å²) in [6, 6.07) is 15.7. The predicted octanol–water partition coefficient (Wildman–Crippen LogP) is 5.84. The first-order chi connectivity index (χ1) is 9.81. The molecule has 0 bridgehead atoms. The number of benzene rings is 2. The fourth-order valence-corrected chi connectivity index (χ4v) is 4.07. The molecule has 0 unspecified atom stereocenters. The minimum absolute atomic E-state index is 1.17. The number of allylic oxidation sites excluding steroid dienone is 1. The number of fused-ring (bicyclic) bond motifs is 3. The van der Waals surface area contributed by atoms with Gasteiger partial charge in [0.25, 0.3) is 0 Å². The highest BCUT2D eigenvalue weighted by Gasteiger charge is 2.13. The first-order valence-corrected chi connectivity index (χ1v) is 7.92. The van der Waals surface area contributed by atoms with Crippen molar-refractivity contribution >= 4 is 27.5 Å². The Hall–Kier alpha value is -1.86. The summed E-state index contributed by atoms with van der Waals surface area (Å²) in [7, 11) is 0. The second-order valence-corrected chi connectivity index (χ2v) is 6.55. The van der Waals surface area contributed by atoms with Crippen LogP contribution in [0.1, 0.15) is 22.4 Å². The van der Waals surface area contributed by atoms with Crippen LogP contribution in [0.4, 0.5) is 0 Å². The second-order valence-electron chi connectivity index (χ2n) is 5.46. The molecule has 0 amide bonds. The lowest BCUT2D eigenvalue weighted by atomic mass is 9.97. The topological polar surface area (TPSA) is 0 Å². The lowest BCUT2D eigenvalue weighted by molar-refractivity contribution is 1.01. The van der Waals surface area contributed by atoms with Crippen LogP contribution in [0, 0.1) is 6.92 Å². The molecule has 2 aromatic carbocycles. The van der Waals surface area contributed by atoms with Gasteiger partial charge in [-0.3, -0.25) is 0 Å². The summed E-state index contributed by atoms with van der Waals surface area (Å²) in [6.45, 7) is 2.13. The molecular formula is C19H16S. The Morgan fingerprint density at radius 3 is 2.60 bits per heavy atom. The zero-order valence-electron chi connectivity index (χ0n) is 11.5. The number of thiophene rings is 1. The molecule has 0 fully saturated rings. The van der Waals surface area contributed by atoms with E-state index in [0.29, 0.717) is 0 Å². The van der Waals surface area contributed by atoms with Crippen molar-refractivity contribution in [2.45, 2.75) is 19.8 Å². The molecule has 0 atom stereocenters. The summed E-state index contributed by atoms with van der Waals surface area (Å²) in [5, 5.41) is 1.45. The van der Waals surface area contributed by atoms with Gasteiger partial charge in [-0.2, -0.15) is 0 Å². The van der Waals surface area contributed by atoms with Gasteiger partial charge in [0.2, 0.25) is 0 Å². The normalized spacial score (nSPS) is 13.7. The zero-order chi connectivity index (χ0) is 13.5. The highest BCUT2D eigenvalue weighted by molar-refractivity contribution is 7.20. The average Bonchev–Trinajstić information content (AvgIpc) is 2.86. The van der Waals surface area contributed by atoms with E-state index in [1.165, 1.54) is 44.5 Å². The van der Waals surface area contributed by atoms with Crippen LogP contribution in [0.2, 0.25) is 0 Å². The molecule has 3 aromatic rings. The predicted molar refractivity (Wildman–Crippen MR) is 89.4 cm³/mol. The van der Waals surface area contributed by atoms with Crippen LogP contribution in [0.3, 0.4) is 0 Å². The second kappa shape index (κ2) is 4.60. The molecule has 1 aliphatic carbocycles. The van der Waals surface area contributed by atoms with E-state index in [1.54, 1.807) is 5.56 Å². The van der Waals surface area contributed by atoms with Gasteiger partial charge in [0.05, 0.1) is 0 Å². The lowest BCUT2D eigenvalue weighted by Gasteiger charge is -2.06. The number of hydrogen-bond acceptors (Lipinski definition) is 1. The Labute approximate surface area is 123 Å². The van der Waals surface area contributed by atoms with Crippen molar-refractivity contribution in [3.8, 4) is 11.1 Å². The smallest absolute Gasteiger partial charge is 0.0352 e. The van der Waals surface area contributed by atoms with E-state index in [0.717, 1.165) is 0 Å². The first-order valence-electron chi connectivity index (χ1n) is 7.10. The molecule has 98 valence electrons. The molecule has 1 aliphatic rings. The van der Waals surface area contributed by atoms with Crippen LogP contribution >= 0.6 is 11.3 Å². The molecule has 1 heteroatoms. The van der Waals surface area contributed by atoms with Gasteiger partial charge in [-0.1, -0.05) is 42.0 Å². The van der Waals surface area contributed by atoms with Crippen molar-refractivity contribution in [2.24, 2.45) is 0 Å². The minimum atomic E-state index is 1.17. The molecule has 0 spiro atoms. The highest BCUT2D eigenvalue weighted by Crippen LogP contribution is 2.37. The fourth-order valence-electron chi connectivity index (χ4n) is 2.90. The highest BCUT2D eigenvalue weighted by atomic mass is 32.1. The molecule has 0 radical (unpaired) electrons. The van der Waals surface area contributed by atoms with Gasteiger partial charge in [0, 0.05) is 9.58 Å². The summed E-state index contributed by atoms with van der Waals surface area (Å²) in [5.41, 5.74) is 5.49. The van der Waals surface area contributed by atoms with Gasteiger partial charge in [0.1, 0.15) is 0 Å². The van der Waals surface area contributed by atoms with Gasteiger partial charge >= 0.3 is 0 Å². The lowest BCUT2D eigenvalue weighted by Crippen LogP contribution is -1.89. The number of hydrogen-bond donors (Lipinski definition) is 0. The molecule has 1 heterocycles. The Kier molecular flexibility index (Phi) is 2.75. The van der Waals surface area contributed by atoms with Crippen molar-refractivity contribution < 1.29 is 0 Å². The zero-order valence-corrected chi connectivity index (χ0v) is 12.3. The molecule has 0 saturated heterocycles. The van der Waals surface area contributed by atoms with Gasteiger partial charge < -0.3 is 0 Å². The molecule has 0 saturated carbocycles. The monoisotopic (exact) mass is 276 g/mol. The van der Waals surface area contributed by atoms with Crippen LogP contribution in [-0.2, 0) is 6.42 Å². The van der Waals surface area contributed by atoms with E-state index < -0.39 is 0 Å². The maximum absolute atomic E-state index is 2.37. The first kappa shape index (κ1) is 11.9. The fraction of sp³-hybridized carbons (Fsp3) is 0.158. The van der Waals surface area contributed by atoms with Crippen molar-refractivity contribution in [3.63, 3.8) is 0 Å². The van der Waals surface area contributed by atoms with Crippen molar-refractivity contribution in [1.29, 1.82) is 0 Å². The third-order valence-electron chi connectivity index (χ3n) is 4.04. The average molecular weight is 276 g/mol. The van der Waals surface area contributed by atoms with E-state index in [2.05, 4.69) is 61.5 Å². The third-order valence-corrected chi connectivity index (χ3v) is 5.22. The molecule has 0 N–H and O–H groups in total. The summed E-state index contributed by atoms with van der Waals surface area (Å²) in [6.07, 6.45) is 6.93. The SMILES string of the molecule is Cc1ccc(-c2ccc3sc4c(c3c2)CCC=C4)cc1. The molecular weight excluding hydrogens is 260 g/mol. The minimum Gasteiger partial charge on any atom is -0.136 e. The van der Waals surface area contributed by atoms with Crippen LogP contribution in [0.25, 0.3) is 27.3 Å². The van der Waals surface area contributed by atoms with Crippen LogP contribution < -0.4 is 0 Å². The molecule has 20 heavy (non-hydrogen) atoms. The van der Waals surface area contributed by atoms with Crippen LogP contribution in [0.15, 0.2) is 48.5 Å². The van der Waals surface area contributed by atoms with E-state index in [1.807, 2.05) is 11.3 Å². The standard InChI is InChI=1S/C19H16S/c1-13-6-8-14(9-7-13)15-10-11-19-17(12-15)16-4-2-3-5-18(16)20-19/h3,5-12H,2,4H2,1H3. The molecule has 0 nitrogen and oxygen atoms in total. The van der Waals surface area contributed by atoms with Gasteiger partial charge in [-0.25, -0.2) is 0 Å². The van der Waals surface area contributed by atoms with E-state index in [-0.39, 0.29) is 0 Å². The number of aryl methyl sites for hydroxylation is 2. The molecule has 1 aromatic heterocycles. The molecule has 0 aliphatic heterocycles. The van der Waals surface area contributed by atoms with E-state index in [9.17, 15) is 0 Å². The van der Waals surface area contributed by atoms with Crippen LogP contribution in [0.5, 0.6) is 0 Å². The Balaban J connectivity index is 1.90. The van der Waals surface area contributed by atoms with Gasteiger partial charge in [-0.15, -0.1) is 11.3 Å². The Morgan fingerprint density at radius 1 is 0.950 bits per heavy atom. The number of rotatable bonds is 1. The maximum Gasteiger partial charge on any atom is 0.0352 e. The van der Waals surface area contributed by atoms with E-state index >= 15 is 0 Å². The summed E-state index contributed by atoms with van der Waals surface area (Å²) >= 11 is 1.92.